The molecule has 0 aliphatic heterocycles. The molecule has 2 aromatic carbocycles. The molecular formula is C25H20ClN3O5S2. The molecule has 0 fully saturated rings. The predicted molar refractivity (Wildman–Crippen MR) is 140 cm³/mol. The number of pyridine rings is 1. The molecule has 5 rings (SSSR count). The summed E-state index contributed by atoms with van der Waals surface area (Å²) < 4.78 is 37.5. The normalized spacial score (nSPS) is 12.8. The van der Waals surface area contributed by atoms with E-state index in [4.69, 9.17) is 25.9 Å². The van der Waals surface area contributed by atoms with Gasteiger partial charge in [-0.05, 0) is 68.8 Å². The lowest BCUT2D eigenvalue weighted by molar-refractivity contribution is 0.219. The van der Waals surface area contributed by atoms with Gasteiger partial charge in [0.15, 0.2) is 11.2 Å². The smallest absolute Gasteiger partial charge is 0.259 e. The molecule has 2 N–H and O–H groups in total. The van der Waals surface area contributed by atoms with E-state index in [0.717, 1.165) is 21.3 Å². The number of rotatable bonds is 5. The Labute approximate surface area is 215 Å². The van der Waals surface area contributed by atoms with Crippen LogP contribution in [0.25, 0.3) is 32.5 Å². The van der Waals surface area contributed by atoms with Gasteiger partial charge in [-0.2, -0.15) is 0 Å². The largest absolute Gasteiger partial charge is 0.483 e. The SMILES string of the molecule is Cc1cc([C@@H](C)Oc2ccc(Cl)nc2S(N)(=O)=O)c2oc(-c3ccc4scnc4c3)c(C)c(=O)c2c1. The molecular weight excluding hydrogens is 522 g/mol. The Morgan fingerprint density at radius 1 is 1.14 bits per heavy atom. The van der Waals surface area contributed by atoms with Crippen LogP contribution in [0, 0.1) is 13.8 Å². The zero-order valence-corrected chi connectivity index (χ0v) is 21.8. The number of sulfonamides is 1. The number of aryl methyl sites for hydroxylation is 1. The van der Waals surface area contributed by atoms with Crippen LogP contribution in [0.2, 0.25) is 5.15 Å². The van der Waals surface area contributed by atoms with Crippen molar-refractivity contribution in [1.82, 2.24) is 9.97 Å². The van der Waals surface area contributed by atoms with Gasteiger partial charge in [0, 0.05) is 16.7 Å². The third-order valence-electron chi connectivity index (χ3n) is 5.79. The standard InChI is InChI=1S/C25H20ClN3O5S2/c1-12-8-16(14(3)33-19-5-7-21(26)29-25(19)36(27,31)32)24-17(9-12)22(30)13(2)23(34-24)15-4-6-20-18(10-15)28-11-35-20/h4-11,14H,1-3H3,(H2,27,31,32)/t14-/m1/s1. The first-order valence-corrected chi connectivity index (χ1v) is 13.6. The number of nitrogens with zero attached hydrogens (tertiary/aromatic N) is 2. The van der Waals surface area contributed by atoms with E-state index in [1.165, 1.54) is 23.5 Å². The fourth-order valence-corrected chi connectivity index (χ4v) is 5.58. The van der Waals surface area contributed by atoms with E-state index in [1.54, 1.807) is 25.4 Å². The number of halogens is 1. The van der Waals surface area contributed by atoms with Gasteiger partial charge < -0.3 is 9.15 Å². The molecule has 3 aromatic heterocycles. The lowest BCUT2D eigenvalue weighted by Gasteiger charge is -2.19. The summed E-state index contributed by atoms with van der Waals surface area (Å²) >= 11 is 7.40. The van der Waals surface area contributed by atoms with Crippen molar-refractivity contribution in [1.29, 1.82) is 0 Å². The highest BCUT2D eigenvalue weighted by Gasteiger charge is 2.24. The second-order valence-corrected chi connectivity index (χ2v) is 11.1. The highest BCUT2D eigenvalue weighted by atomic mass is 35.5. The van der Waals surface area contributed by atoms with E-state index in [0.29, 0.717) is 27.9 Å². The molecule has 0 amide bonds. The topological polar surface area (TPSA) is 125 Å². The average Bonchev–Trinajstić information content (AvgIpc) is 3.29. The van der Waals surface area contributed by atoms with Crippen LogP contribution in [0.1, 0.15) is 29.7 Å². The van der Waals surface area contributed by atoms with Gasteiger partial charge in [0.05, 0.1) is 21.1 Å². The van der Waals surface area contributed by atoms with Crippen molar-refractivity contribution in [2.75, 3.05) is 0 Å². The van der Waals surface area contributed by atoms with Crippen molar-refractivity contribution in [3.63, 3.8) is 0 Å². The highest BCUT2D eigenvalue weighted by Crippen LogP contribution is 2.35. The van der Waals surface area contributed by atoms with E-state index in [2.05, 4.69) is 9.97 Å². The summed E-state index contributed by atoms with van der Waals surface area (Å²) in [6, 6.07) is 12.1. The summed E-state index contributed by atoms with van der Waals surface area (Å²) in [7, 11) is -4.20. The van der Waals surface area contributed by atoms with Crippen molar-refractivity contribution >= 4 is 54.1 Å². The van der Waals surface area contributed by atoms with Crippen LogP contribution in [0.3, 0.4) is 0 Å². The molecule has 3 heterocycles. The fraction of sp³-hybridized carbons (Fsp3) is 0.160. The Morgan fingerprint density at radius 2 is 1.92 bits per heavy atom. The summed E-state index contributed by atoms with van der Waals surface area (Å²) in [6.07, 6.45) is -0.726. The third-order valence-corrected chi connectivity index (χ3v) is 7.64. The summed E-state index contributed by atoms with van der Waals surface area (Å²) in [5.41, 5.74) is 5.33. The minimum absolute atomic E-state index is 0.0387. The second kappa shape index (κ2) is 8.97. The Hall–Kier alpha value is -3.31. The molecule has 1 atom stereocenters. The van der Waals surface area contributed by atoms with Crippen molar-refractivity contribution < 1.29 is 17.6 Å². The number of ether oxygens (including phenoxy) is 1. The first-order valence-electron chi connectivity index (χ1n) is 10.8. The monoisotopic (exact) mass is 541 g/mol. The fourth-order valence-electron chi connectivity index (χ4n) is 4.10. The average molecular weight is 542 g/mol. The molecule has 0 bridgehead atoms. The maximum atomic E-state index is 13.4. The van der Waals surface area contributed by atoms with Crippen LogP contribution in [0.4, 0.5) is 0 Å². The van der Waals surface area contributed by atoms with Gasteiger partial charge >= 0.3 is 0 Å². The quantitative estimate of drug-likeness (QED) is 0.290. The van der Waals surface area contributed by atoms with Crippen LogP contribution in [0.5, 0.6) is 5.75 Å². The van der Waals surface area contributed by atoms with Crippen molar-refractivity contribution in [2.45, 2.75) is 31.9 Å². The lowest BCUT2D eigenvalue weighted by atomic mass is 10.00. The molecule has 0 saturated carbocycles. The number of nitrogens with two attached hydrogens (primary N) is 1. The Kier molecular flexibility index (Phi) is 6.08. The van der Waals surface area contributed by atoms with Gasteiger partial charge in [0.2, 0.25) is 5.03 Å². The summed E-state index contributed by atoms with van der Waals surface area (Å²) in [5, 5.41) is 5.20. The number of primary sulfonamides is 1. The summed E-state index contributed by atoms with van der Waals surface area (Å²) in [5.74, 6) is 0.366. The number of fused-ring (bicyclic) bond motifs is 2. The maximum absolute atomic E-state index is 13.4. The van der Waals surface area contributed by atoms with Crippen LogP contribution in [-0.2, 0) is 10.0 Å². The van der Waals surface area contributed by atoms with Gasteiger partial charge in [0.1, 0.15) is 22.6 Å². The van der Waals surface area contributed by atoms with Crippen molar-refractivity contribution in [3.8, 4) is 17.1 Å². The predicted octanol–water partition coefficient (Wildman–Crippen LogP) is 5.52. The summed E-state index contributed by atoms with van der Waals surface area (Å²) in [6.45, 7) is 5.30. The van der Waals surface area contributed by atoms with Gasteiger partial charge in [-0.3, -0.25) is 4.79 Å². The highest BCUT2D eigenvalue weighted by molar-refractivity contribution is 7.89. The Balaban J connectivity index is 1.68. The van der Waals surface area contributed by atoms with Crippen molar-refractivity contribution in [2.24, 2.45) is 5.14 Å². The molecule has 5 aromatic rings. The minimum atomic E-state index is -4.20. The van der Waals surface area contributed by atoms with Gasteiger partial charge in [-0.25, -0.2) is 23.5 Å². The van der Waals surface area contributed by atoms with Gasteiger partial charge in [-0.15, -0.1) is 11.3 Å². The Bertz CT molecular complexity index is 1830. The van der Waals surface area contributed by atoms with Crippen LogP contribution < -0.4 is 15.3 Å². The van der Waals surface area contributed by atoms with E-state index in [-0.39, 0.29) is 16.3 Å². The Morgan fingerprint density at radius 3 is 2.67 bits per heavy atom. The molecule has 11 heteroatoms. The van der Waals surface area contributed by atoms with Crippen LogP contribution in [-0.4, -0.2) is 18.4 Å². The molecule has 0 aliphatic rings. The molecule has 0 radical (unpaired) electrons. The molecule has 36 heavy (non-hydrogen) atoms. The minimum Gasteiger partial charge on any atom is -0.483 e. The molecule has 0 saturated heterocycles. The number of aromatic nitrogens is 2. The number of hydrogen-bond acceptors (Lipinski definition) is 8. The van der Waals surface area contributed by atoms with Crippen LogP contribution in [0.15, 0.2) is 62.2 Å². The van der Waals surface area contributed by atoms with E-state index < -0.39 is 21.2 Å². The zero-order valence-electron chi connectivity index (χ0n) is 19.4. The zero-order chi connectivity index (χ0) is 25.8. The number of hydrogen-bond donors (Lipinski definition) is 1. The van der Waals surface area contributed by atoms with Crippen molar-refractivity contribution in [3.05, 3.63) is 80.0 Å². The van der Waals surface area contributed by atoms with Crippen LogP contribution >= 0.6 is 22.9 Å². The van der Waals surface area contributed by atoms with E-state index >= 15 is 0 Å². The van der Waals surface area contributed by atoms with Gasteiger partial charge in [0.25, 0.3) is 10.0 Å². The van der Waals surface area contributed by atoms with Gasteiger partial charge in [-0.1, -0.05) is 11.6 Å². The first kappa shape index (κ1) is 24.4. The van der Waals surface area contributed by atoms with E-state index in [1.807, 2.05) is 31.2 Å². The maximum Gasteiger partial charge on any atom is 0.259 e. The molecule has 0 unspecified atom stereocenters. The molecule has 0 spiro atoms. The summed E-state index contributed by atoms with van der Waals surface area (Å²) in [4.78, 5) is 21.6. The third kappa shape index (κ3) is 4.37. The molecule has 8 nitrogen and oxygen atoms in total. The first-order chi connectivity index (χ1) is 17.0. The second-order valence-electron chi connectivity index (χ2n) is 8.39. The lowest BCUT2D eigenvalue weighted by Crippen LogP contribution is -2.17. The number of benzene rings is 2. The molecule has 184 valence electrons. The number of thiazole rings is 1. The van der Waals surface area contributed by atoms with E-state index in [9.17, 15) is 13.2 Å². The molecule has 0 aliphatic carbocycles.